The maximum absolute atomic E-state index is 13.4. The van der Waals surface area contributed by atoms with Crippen molar-refractivity contribution in [2.45, 2.75) is 0 Å². The number of rotatable bonds is 3. The predicted molar refractivity (Wildman–Crippen MR) is 63.8 cm³/mol. The lowest BCUT2D eigenvalue weighted by Crippen LogP contribution is -2.04. The van der Waals surface area contributed by atoms with E-state index in [1.807, 2.05) is 0 Å². The number of benzene rings is 1. The van der Waals surface area contributed by atoms with Crippen molar-refractivity contribution >= 4 is 11.9 Å². The summed E-state index contributed by atoms with van der Waals surface area (Å²) < 4.78 is 65.5. The van der Waals surface area contributed by atoms with Gasteiger partial charge in [-0.05, 0) is 24.3 Å². The van der Waals surface area contributed by atoms with Gasteiger partial charge in [0, 0.05) is 18.0 Å². The second kappa shape index (κ2) is 5.82. The fraction of sp³-hybridized carbons (Fsp3) is 0. The van der Waals surface area contributed by atoms with E-state index in [1.165, 1.54) is 24.5 Å². The first-order valence-corrected chi connectivity index (χ1v) is 5.57. The van der Waals surface area contributed by atoms with Gasteiger partial charge in [-0.25, -0.2) is 22.0 Å². The molecule has 2 rings (SSSR count). The number of carbonyl (C=O) groups excluding carboxylic acids is 1. The van der Waals surface area contributed by atoms with E-state index >= 15 is 0 Å². The molecule has 2 aromatic rings. The third-order valence-corrected chi connectivity index (χ3v) is 2.59. The molecule has 21 heavy (non-hydrogen) atoms. The fourth-order valence-electron chi connectivity index (χ4n) is 1.53. The summed E-state index contributed by atoms with van der Waals surface area (Å²) in [5, 5.41) is 0. The number of aromatic nitrogens is 1. The highest BCUT2D eigenvalue weighted by Crippen LogP contribution is 2.24. The normalized spacial score (nSPS) is 11.1. The highest BCUT2D eigenvalue weighted by atomic mass is 19.2. The molecule has 1 heterocycles. The van der Waals surface area contributed by atoms with Crippen LogP contribution in [-0.4, -0.2) is 10.8 Å². The quantitative estimate of drug-likeness (QED) is 0.284. The van der Waals surface area contributed by atoms with Crippen LogP contribution in [0, 0.1) is 29.1 Å². The minimum absolute atomic E-state index is 0.109. The minimum Gasteiger partial charge on any atom is -0.289 e. The molecule has 0 N–H and O–H groups in total. The number of ketones is 1. The number of hydrogen-bond donors (Lipinski definition) is 0. The van der Waals surface area contributed by atoms with E-state index < -0.39 is 40.4 Å². The summed E-state index contributed by atoms with van der Waals surface area (Å²) in [6, 6.07) is 2.84. The Hall–Kier alpha value is -2.57. The van der Waals surface area contributed by atoms with Crippen molar-refractivity contribution in [2.75, 3.05) is 0 Å². The van der Waals surface area contributed by atoms with Crippen molar-refractivity contribution in [3.63, 3.8) is 0 Å². The number of allylic oxidation sites excluding steroid dienone is 1. The summed E-state index contributed by atoms with van der Waals surface area (Å²) in [6.07, 6.45) is 3.84. The van der Waals surface area contributed by atoms with Gasteiger partial charge < -0.3 is 0 Å². The Kier molecular flexibility index (Phi) is 4.11. The molecule has 1 aromatic heterocycles. The van der Waals surface area contributed by atoms with E-state index in [0.717, 1.165) is 0 Å². The first-order chi connectivity index (χ1) is 9.93. The summed E-state index contributed by atoms with van der Waals surface area (Å²) in [7, 11) is 0. The van der Waals surface area contributed by atoms with Gasteiger partial charge in [0.1, 0.15) is 0 Å². The summed E-state index contributed by atoms with van der Waals surface area (Å²) in [5.74, 6) is -11.1. The molecular formula is C14H6F5NO. The zero-order chi connectivity index (χ0) is 15.6. The predicted octanol–water partition coefficient (Wildman–Crippen LogP) is 3.67. The van der Waals surface area contributed by atoms with Crippen LogP contribution in [0.2, 0.25) is 0 Å². The number of hydrogen-bond acceptors (Lipinski definition) is 2. The van der Waals surface area contributed by atoms with Gasteiger partial charge in [0.25, 0.3) is 0 Å². The van der Waals surface area contributed by atoms with Gasteiger partial charge in [-0.1, -0.05) is 0 Å². The van der Waals surface area contributed by atoms with Crippen molar-refractivity contribution in [3.8, 4) is 0 Å². The van der Waals surface area contributed by atoms with Crippen LogP contribution in [0.15, 0.2) is 30.6 Å². The second-order valence-corrected chi connectivity index (χ2v) is 3.92. The van der Waals surface area contributed by atoms with Crippen LogP contribution < -0.4 is 0 Å². The van der Waals surface area contributed by atoms with Gasteiger partial charge in [-0.2, -0.15) is 0 Å². The van der Waals surface area contributed by atoms with E-state index in [9.17, 15) is 26.7 Å². The van der Waals surface area contributed by atoms with Crippen molar-refractivity contribution < 1.29 is 26.7 Å². The highest BCUT2D eigenvalue weighted by molar-refractivity contribution is 6.06. The standard InChI is InChI=1S/C14H6F5NO/c15-10-8(11(16)13(18)14(19)12(10)17)3-4-9(21)7-2-1-5-20-6-7/h1-6H/b4-3+. The lowest BCUT2D eigenvalue weighted by molar-refractivity contribution is 0.104. The zero-order valence-corrected chi connectivity index (χ0v) is 10.2. The summed E-state index contributed by atoms with van der Waals surface area (Å²) >= 11 is 0. The van der Waals surface area contributed by atoms with Gasteiger partial charge >= 0.3 is 0 Å². The lowest BCUT2D eigenvalue weighted by atomic mass is 10.1. The number of nitrogens with zero attached hydrogens (tertiary/aromatic N) is 1. The molecule has 2 nitrogen and oxygen atoms in total. The molecule has 0 saturated carbocycles. The first kappa shape index (κ1) is 14.8. The van der Waals surface area contributed by atoms with E-state index in [0.29, 0.717) is 12.2 Å². The molecule has 108 valence electrons. The maximum atomic E-state index is 13.4. The Labute approximate surface area is 115 Å². The van der Waals surface area contributed by atoms with E-state index in [4.69, 9.17) is 0 Å². The molecular weight excluding hydrogens is 293 g/mol. The maximum Gasteiger partial charge on any atom is 0.200 e. The Balaban J connectivity index is 2.41. The Bertz CT molecular complexity index is 699. The van der Waals surface area contributed by atoms with Gasteiger partial charge in [0.15, 0.2) is 29.1 Å². The van der Waals surface area contributed by atoms with Crippen LogP contribution in [0.4, 0.5) is 22.0 Å². The van der Waals surface area contributed by atoms with E-state index in [1.54, 1.807) is 0 Å². The lowest BCUT2D eigenvalue weighted by Gasteiger charge is -2.04. The van der Waals surface area contributed by atoms with Gasteiger partial charge in [0.05, 0.1) is 5.56 Å². The van der Waals surface area contributed by atoms with Crippen LogP contribution in [0.25, 0.3) is 6.08 Å². The SMILES string of the molecule is O=C(/C=C/c1c(F)c(F)c(F)c(F)c1F)c1cccnc1. The van der Waals surface area contributed by atoms with Crippen molar-refractivity contribution in [3.05, 3.63) is 70.8 Å². The third kappa shape index (κ3) is 2.81. The Morgan fingerprint density at radius 1 is 0.952 bits per heavy atom. The van der Waals surface area contributed by atoms with Crippen LogP contribution in [0.1, 0.15) is 15.9 Å². The highest BCUT2D eigenvalue weighted by Gasteiger charge is 2.24. The van der Waals surface area contributed by atoms with Crippen molar-refractivity contribution in [1.29, 1.82) is 0 Å². The first-order valence-electron chi connectivity index (χ1n) is 5.57. The molecule has 1 aromatic carbocycles. The minimum atomic E-state index is -2.25. The van der Waals surface area contributed by atoms with Gasteiger partial charge in [-0.3, -0.25) is 9.78 Å². The van der Waals surface area contributed by atoms with Crippen LogP contribution >= 0.6 is 0 Å². The number of halogens is 5. The largest absolute Gasteiger partial charge is 0.289 e. The molecule has 7 heteroatoms. The Morgan fingerprint density at radius 3 is 2.05 bits per heavy atom. The fourth-order valence-corrected chi connectivity index (χ4v) is 1.53. The topological polar surface area (TPSA) is 30.0 Å². The average molecular weight is 299 g/mol. The molecule has 0 aliphatic heterocycles. The zero-order valence-electron chi connectivity index (χ0n) is 10.2. The average Bonchev–Trinajstić information content (AvgIpc) is 2.51. The van der Waals surface area contributed by atoms with Gasteiger partial charge in [-0.15, -0.1) is 0 Å². The van der Waals surface area contributed by atoms with Crippen LogP contribution in [0.3, 0.4) is 0 Å². The smallest absolute Gasteiger partial charge is 0.200 e. The van der Waals surface area contributed by atoms with Crippen molar-refractivity contribution in [1.82, 2.24) is 4.98 Å². The number of pyridine rings is 1. The molecule has 0 spiro atoms. The summed E-state index contributed by atoms with van der Waals surface area (Å²) in [5.41, 5.74) is -1.07. The molecule has 0 aliphatic carbocycles. The van der Waals surface area contributed by atoms with E-state index in [2.05, 4.69) is 4.98 Å². The number of carbonyl (C=O) groups is 1. The molecule has 0 aliphatic rings. The van der Waals surface area contributed by atoms with Crippen LogP contribution in [-0.2, 0) is 0 Å². The van der Waals surface area contributed by atoms with Gasteiger partial charge in [0.2, 0.25) is 5.82 Å². The summed E-state index contributed by atoms with van der Waals surface area (Å²) in [6.45, 7) is 0. The second-order valence-electron chi connectivity index (χ2n) is 3.92. The molecule has 0 amide bonds. The molecule has 0 atom stereocenters. The molecule has 0 fully saturated rings. The molecule has 0 radical (unpaired) electrons. The van der Waals surface area contributed by atoms with E-state index in [-0.39, 0.29) is 5.56 Å². The molecule has 0 saturated heterocycles. The van der Waals surface area contributed by atoms with Crippen molar-refractivity contribution in [2.24, 2.45) is 0 Å². The van der Waals surface area contributed by atoms with Crippen LogP contribution in [0.5, 0.6) is 0 Å². The monoisotopic (exact) mass is 299 g/mol. The Morgan fingerprint density at radius 2 is 1.52 bits per heavy atom. The molecule has 0 unspecified atom stereocenters. The molecule has 0 bridgehead atoms. The summed E-state index contributed by atoms with van der Waals surface area (Å²) in [4.78, 5) is 15.3. The third-order valence-electron chi connectivity index (χ3n) is 2.59.